The van der Waals surface area contributed by atoms with Crippen LogP contribution in [0.2, 0.25) is 5.02 Å². The minimum Gasteiger partial charge on any atom is -0.481 e. The number of nitrogens with zero attached hydrogens (tertiary/aromatic N) is 1. The lowest BCUT2D eigenvalue weighted by atomic mass is 9.98. The minimum atomic E-state index is -1.13. The normalized spacial score (nSPS) is 17.8. The van der Waals surface area contributed by atoms with Gasteiger partial charge in [0.15, 0.2) is 5.78 Å². The minimum absolute atomic E-state index is 0.0682. The number of benzene rings is 1. The SMILES string of the molecule is CCN1C(=O)C(CC(=O)O)=C(C(=O)c2ccc(Cl)cc2)[C@@H]1SC. The fraction of sp³-hybridized carbons (Fsp3) is 0.312. The van der Waals surface area contributed by atoms with E-state index in [1.54, 1.807) is 37.4 Å². The molecule has 1 aliphatic rings. The molecule has 122 valence electrons. The molecule has 1 heterocycles. The van der Waals surface area contributed by atoms with E-state index in [-0.39, 0.29) is 22.8 Å². The fourth-order valence-electron chi connectivity index (χ4n) is 2.58. The molecular weight excluding hydrogens is 338 g/mol. The maximum absolute atomic E-state index is 12.8. The molecule has 1 aromatic carbocycles. The van der Waals surface area contributed by atoms with E-state index in [1.165, 1.54) is 16.7 Å². The Kier molecular flexibility index (Phi) is 5.49. The summed E-state index contributed by atoms with van der Waals surface area (Å²) in [5.74, 6) is -1.85. The Labute approximate surface area is 143 Å². The molecule has 0 unspecified atom stereocenters. The number of rotatable bonds is 6. The average molecular weight is 354 g/mol. The molecule has 0 radical (unpaired) electrons. The number of Topliss-reactive ketones (excluding diaryl/α,β-unsaturated/α-hetero) is 1. The molecule has 0 fully saturated rings. The number of carboxylic acids is 1. The molecule has 1 aromatic rings. The molecular formula is C16H16ClNO4S. The summed E-state index contributed by atoms with van der Waals surface area (Å²) in [7, 11) is 0. The Morgan fingerprint density at radius 2 is 1.91 bits per heavy atom. The summed E-state index contributed by atoms with van der Waals surface area (Å²) in [5.41, 5.74) is 0.713. The van der Waals surface area contributed by atoms with Gasteiger partial charge >= 0.3 is 5.97 Å². The Hall–Kier alpha value is -1.79. The van der Waals surface area contributed by atoms with Crippen LogP contribution in [-0.2, 0) is 9.59 Å². The third-order valence-electron chi connectivity index (χ3n) is 3.62. The number of likely N-dealkylation sites (N-methyl/N-ethyl adjacent to an activating group) is 1. The number of carbonyl (C=O) groups excluding carboxylic acids is 2. The molecule has 23 heavy (non-hydrogen) atoms. The van der Waals surface area contributed by atoms with Crippen molar-refractivity contribution in [1.82, 2.24) is 4.90 Å². The summed E-state index contributed by atoms with van der Waals surface area (Å²) in [6.45, 7) is 2.21. The van der Waals surface area contributed by atoms with Crippen LogP contribution in [0.25, 0.3) is 0 Å². The van der Waals surface area contributed by atoms with Crippen LogP contribution in [0.3, 0.4) is 0 Å². The Bertz CT molecular complexity index is 684. The molecule has 0 bridgehead atoms. The van der Waals surface area contributed by atoms with Gasteiger partial charge in [-0.1, -0.05) is 11.6 Å². The van der Waals surface area contributed by atoms with E-state index >= 15 is 0 Å². The van der Waals surface area contributed by atoms with Crippen LogP contribution in [-0.4, -0.2) is 45.8 Å². The van der Waals surface area contributed by atoms with Crippen molar-refractivity contribution in [2.24, 2.45) is 0 Å². The van der Waals surface area contributed by atoms with Crippen molar-refractivity contribution in [3.05, 3.63) is 46.0 Å². The molecule has 0 aromatic heterocycles. The smallest absolute Gasteiger partial charge is 0.308 e. The average Bonchev–Trinajstić information content (AvgIpc) is 2.78. The van der Waals surface area contributed by atoms with Gasteiger partial charge in [0, 0.05) is 28.3 Å². The highest BCUT2D eigenvalue weighted by atomic mass is 35.5. The first-order chi connectivity index (χ1) is 10.9. The lowest BCUT2D eigenvalue weighted by Crippen LogP contribution is -2.34. The highest BCUT2D eigenvalue weighted by Crippen LogP contribution is 2.35. The predicted molar refractivity (Wildman–Crippen MR) is 89.8 cm³/mol. The van der Waals surface area contributed by atoms with Crippen LogP contribution in [0.4, 0.5) is 0 Å². The molecule has 1 amide bonds. The third kappa shape index (κ3) is 3.43. The summed E-state index contributed by atoms with van der Waals surface area (Å²) in [4.78, 5) is 37.9. The molecule has 0 spiro atoms. The van der Waals surface area contributed by atoms with Gasteiger partial charge in [-0.05, 0) is 37.4 Å². The van der Waals surface area contributed by atoms with Crippen LogP contribution in [0, 0.1) is 0 Å². The van der Waals surface area contributed by atoms with E-state index < -0.39 is 17.8 Å². The molecule has 0 saturated carbocycles. The molecule has 7 heteroatoms. The second-order valence-electron chi connectivity index (χ2n) is 4.98. The highest BCUT2D eigenvalue weighted by molar-refractivity contribution is 7.99. The topological polar surface area (TPSA) is 74.7 Å². The Balaban J connectivity index is 2.52. The maximum atomic E-state index is 12.8. The predicted octanol–water partition coefficient (Wildman–Crippen LogP) is 2.85. The zero-order valence-corrected chi connectivity index (χ0v) is 14.3. The van der Waals surface area contributed by atoms with Crippen molar-refractivity contribution in [1.29, 1.82) is 0 Å². The van der Waals surface area contributed by atoms with Gasteiger partial charge in [-0.3, -0.25) is 14.4 Å². The van der Waals surface area contributed by atoms with Crippen molar-refractivity contribution < 1.29 is 19.5 Å². The van der Waals surface area contributed by atoms with E-state index in [0.29, 0.717) is 17.1 Å². The summed E-state index contributed by atoms with van der Waals surface area (Å²) in [6.07, 6.45) is 1.33. The Morgan fingerprint density at radius 3 is 2.39 bits per heavy atom. The number of hydrogen-bond acceptors (Lipinski definition) is 4. The fourth-order valence-corrected chi connectivity index (χ4v) is 3.69. The third-order valence-corrected chi connectivity index (χ3v) is 4.81. The van der Waals surface area contributed by atoms with Crippen molar-refractivity contribution in [2.75, 3.05) is 12.8 Å². The van der Waals surface area contributed by atoms with E-state index in [4.69, 9.17) is 16.7 Å². The van der Waals surface area contributed by atoms with Crippen molar-refractivity contribution >= 4 is 41.0 Å². The second-order valence-corrected chi connectivity index (χ2v) is 6.33. The van der Waals surface area contributed by atoms with E-state index in [9.17, 15) is 14.4 Å². The number of hydrogen-bond donors (Lipinski definition) is 1. The van der Waals surface area contributed by atoms with Gasteiger partial charge in [0.1, 0.15) is 5.37 Å². The van der Waals surface area contributed by atoms with Gasteiger partial charge in [-0.25, -0.2) is 0 Å². The number of thioether (sulfide) groups is 1. The van der Waals surface area contributed by atoms with Gasteiger partial charge in [0.2, 0.25) is 0 Å². The monoisotopic (exact) mass is 353 g/mol. The number of carboxylic acid groups (broad SMARTS) is 1. The van der Waals surface area contributed by atoms with E-state index in [1.807, 2.05) is 0 Å². The van der Waals surface area contributed by atoms with Crippen molar-refractivity contribution in [3.8, 4) is 0 Å². The lowest BCUT2D eigenvalue weighted by Gasteiger charge is -2.23. The lowest BCUT2D eigenvalue weighted by molar-refractivity contribution is -0.137. The number of halogens is 1. The quantitative estimate of drug-likeness (QED) is 0.796. The van der Waals surface area contributed by atoms with Crippen LogP contribution in [0.15, 0.2) is 35.4 Å². The van der Waals surface area contributed by atoms with Gasteiger partial charge in [-0.2, -0.15) is 0 Å². The van der Waals surface area contributed by atoms with E-state index in [0.717, 1.165) is 0 Å². The van der Waals surface area contributed by atoms with Crippen molar-refractivity contribution in [2.45, 2.75) is 18.7 Å². The molecule has 0 saturated heterocycles. The van der Waals surface area contributed by atoms with Gasteiger partial charge in [0.05, 0.1) is 6.42 Å². The molecule has 2 rings (SSSR count). The standard InChI is InChI=1S/C16H16ClNO4S/c1-3-18-15(22)11(8-12(19)20)13(16(18)23-2)14(21)9-4-6-10(17)7-5-9/h4-7,16H,3,8H2,1-2H3,(H,19,20)/t16-/m0/s1. The van der Waals surface area contributed by atoms with Gasteiger partial charge in [0.25, 0.3) is 5.91 Å². The molecule has 1 aliphatic heterocycles. The molecule has 5 nitrogen and oxygen atoms in total. The Morgan fingerprint density at radius 1 is 1.30 bits per heavy atom. The van der Waals surface area contributed by atoms with Gasteiger partial charge in [-0.15, -0.1) is 11.8 Å². The zero-order valence-electron chi connectivity index (χ0n) is 12.7. The van der Waals surface area contributed by atoms with Gasteiger partial charge < -0.3 is 10.0 Å². The number of aliphatic carboxylic acids is 1. The molecule has 1 N–H and O–H groups in total. The maximum Gasteiger partial charge on any atom is 0.308 e. The second kappa shape index (κ2) is 7.19. The summed E-state index contributed by atoms with van der Waals surface area (Å²) in [6, 6.07) is 6.34. The number of carbonyl (C=O) groups is 3. The van der Waals surface area contributed by atoms with Crippen LogP contribution >= 0.6 is 23.4 Å². The summed E-state index contributed by atoms with van der Waals surface area (Å²) < 4.78 is 0. The first-order valence-corrected chi connectivity index (χ1v) is 8.66. The molecule has 0 aliphatic carbocycles. The van der Waals surface area contributed by atoms with Crippen LogP contribution < -0.4 is 0 Å². The zero-order chi connectivity index (χ0) is 17.1. The first-order valence-electron chi connectivity index (χ1n) is 6.99. The number of amides is 1. The molecule has 1 atom stereocenters. The van der Waals surface area contributed by atoms with Crippen LogP contribution in [0.1, 0.15) is 23.7 Å². The van der Waals surface area contributed by atoms with E-state index in [2.05, 4.69) is 0 Å². The first kappa shape index (κ1) is 17.6. The van der Waals surface area contributed by atoms with Crippen LogP contribution in [0.5, 0.6) is 0 Å². The summed E-state index contributed by atoms with van der Waals surface area (Å²) in [5, 5.41) is 9.11. The summed E-state index contributed by atoms with van der Waals surface area (Å²) >= 11 is 7.17. The largest absolute Gasteiger partial charge is 0.481 e. The highest BCUT2D eigenvalue weighted by Gasteiger charge is 2.41. The van der Waals surface area contributed by atoms with Crippen molar-refractivity contribution in [3.63, 3.8) is 0 Å². The number of ketones is 1.